The third kappa shape index (κ3) is 7.57. The molecular formula is C15H23BrO4Si. The van der Waals surface area contributed by atoms with Gasteiger partial charge in [0, 0.05) is 0 Å². The van der Waals surface area contributed by atoms with Crippen LogP contribution in [0.1, 0.15) is 20.8 Å². The van der Waals surface area contributed by atoms with Gasteiger partial charge >= 0.3 is 6.15 Å². The fourth-order valence-corrected chi connectivity index (χ4v) is 2.65. The number of hydrogen-bond donors (Lipinski definition) is 0. The van der Waals surface area contributed by atoms with E-state index in [9.17, 15) is 0 Å². The minimum absolute atomic E-state index is 0.250. The Morgan fingerprint density at radius 1 is 1.14 bits per heavy atom. The molecule has 1 rings (SSSR count). The number of rotatable bonds is 5. The van der Waals surface area contributed by atoms with E-state index in [0.29, 0.717) is 13.2 Å². The van der Waals surface area contributed by atoms with E-state index in [4.69, 9.17) is 18.8 Å². The maximum Gasteiger partial charge on any atom is 0.373 e. The molecule has 0 radical (unpaired) electrons. The largest absolute Gasteiger partial charge is 0.490 e. The number of benzene rings is 1. The van der Waals surface area contributed by atoms with E-state index in [1.165, 1.54) is 0 Å². The quantitative estimate of drug-likeness (QED) is 0.570. The molecule has 0 N–H and O–H groups in total. The summed E-state index contributed by atoms with van der Waals surface area (Å²) in [6, 6.07) is 7.87. The van der Waals surface area contributed by atoms with Crippen molar-refractivity contribution in [2.24, 2.45) is 0 Å². The summed E-state index contributed by atoms with van der Waals surface area (Å²) >= 11 is 3.46. The monoisotopic (exact) mass is 374 g/mol. The van der Waals surface area contributed by atoms with E-state index >= 15 is 0 Å². The second-order valence-corrected chi connectivity index (χ2v) is 11.6. The van der Waals surface area contributed by atoms with Crippen LogP contribution in [0.25, 0.3) is 0 Å². The summed E-state index contributed by atoms with van der Waals surface area (Å²) in [5, 5.41) is 0.250. The van der Waals surface area contributed by atoms with Crippen molar-refractivity contribution in [1.82, 2.24) is 0 Å². The smallest absolute Gasteiger partial charge is 0.373 e. The summed E-state index contributed by atoms with van der Waals surface area (Å²) in [5.74, 6) is 0.872. The molecule has 21 heavy (non-hydrogen) atoms. The highest BCUT2D eigenvalue weighted by Crippen LogP contribution is 2.36. The average Bonchev–Trinajstić information content (AvgIpc) is 2.36. The Morgan fingerprint density at radius 3 is 2.14 bits per heavy atom. The first-order valence-electron chi connectivity index (χ1n) is 6.66. The summed E-state index contributed by atoms with van der Waals surface area (Å²) in [6.45, 7) is 12.5. The zero-order chi connectivity index (χ0) is 16.5. The summed E-state index contributed by atoms with van der Waals surface area (Å²) in [5.41, 5.74) is 0. The molecule has 0 amide bonds. The number of para-hydroxylation sites is 1. The molecule has 4 nitrogen and oxygen atoms in total. The van der Waals surface area contributed by atoms with Crippen LogP contribution < -0.4 is 4.74 Å². The molecular weight excluding hydrogens is 352 g/mol. The molecule has 0 aromatic heterocycles. The predicted molar refractivity (Wildman–Crippen MR) is 87.8 cm³/mol. The van der Waals surface area contributed by atoms with Crippen molar-refractivity contribution in [3.8, 4) is 5.75 Å². The lowest BCUT2D eigenvalue weighted by atomic mass is 10.2. The van der Waals surface area contributed by atoms with Crippen molar-refractivity contribution in [2.75, 3.05) is 13.2 Å². The lowest BCUT2D eigenvalue weighted by Gasteiger charge is -2.36. The van der Waals surface area contributed by atoms with E-state index in [2.05, 4.69) is 49.8 Å². The molecule has 0 aliphatic heterocycles. The first kappa shape index (κ1) is 20.1. The van der Waals surface area contributed by atoms with Crippen LogP contribution in [0.15, 0.2) is 28.7 Å². The normalized spacial score (nSPS) is 11.1. The minimum Gasteiger partial charge on any atom is -0.490 e. The Balaban J connectivity index is 0.00000122. The Hall–Kier alpha value is -0.943. The van der Waals surface area contributed by atoms with Crippen LogP contribution in [0.3, 0.4) is 0 Å². The van der Waals surface area contributed by atoms with Crippen molar-refractivity contribution in [1.29, 1.82) is 0 Å². The van der Waals surface area contributed by atoms with Crippen molar-refractivity contribution in [3.05, 3.63) is 28.7 Å². The molecule has 0 saturated heterocycles. The molecule has 0 fully saturated rings. The molecule has 0 bridgehead atoms. The zero-order valence-electron chi connectivity index (χ0n) is 13.2. The summed E-state index contributed by atoms with van der Waals surface area (Å²) < 4.78 is 12.7. The minimum atomic E-state index is -1.65. The standard InChI is InChI=1S/C14H23BrO2Si.CO2/c1-14(2,3)18(4,5)17-11-10-16-13-9-7-6-8-12(13)15;2-1-3/h6-9H,10-11H2,1-5H3;. The van der Waals surface area contributed by atoms with Crippen molar-refractivity contribution in [3.63, 3.8) is 0 Å². The van der Waals surface area contributed by atoms with Crippen LogP contribution in [0.2, 0.25) is 18.1 Å². The molecule has 0 spiro atoms. The van der Waals surface area contributed by atoms with Gasteiger partial charge in [0.05, 0.1) is 11.1 Å². The number of halogens is 1. The third-order valence-corrected chi connectivity index (χ3v) is 8.64. The number of ether oxygens (including phenoxy) is 1. The highest BCUT2D eigenvalue weighted by Gasteiger charge is 2.36. The summed E-state index contributed by atoms with van der Waals surface area (Å²) in [6.07, 6.45) is 0.250. The molecule has 0 heterocycles. The first-order chi connectivity index (χ1) is 9.65. The number of carbonyl (C=O) groups excluding carboxylic acids is 2. The van der Waals surface area contributed by atoms with Crippen LogP contribution in [0.5, 0.6) is 5.75 Å². The molecule has 1 aromatic carbocycles. The van der Waals surface area contributed by atoms with Gasteiger partial charge < -0.3 is 9.16 Å². The molecule has 6 heteroatoms. The summed E-state index contributed by atoms with van der Waals surface area (Å²) in [7, 11) is -1.65. The van der Waals surface area contributed by atoms with Gasteiger partial charge in [-0.25, -0.2) is 0 Å². The van der Waals surface area contributed by atoms with E-state index in [1.54, 1.807) is 0 Å². The van der Waals surface area contributed by atoms with Gasteiger partial charge in [0.2, 0.25) is 0 Å². The zero-order valence-corrected chi connectivity index (χ0v) is 15.8. The molecule has 1 aromatic rings. The van der Waals surface area contributed by atoms with Crippen LogP contribution in [-0.2, 0) is 14.0 Å². The Labute approximate surface area is 136 Å². The van der Waals surface area contributed by atoms with Crippen LogP contribution in [0, 0.1) is 0 Å². The second-order valence-electron chi connectivity index (χ2n) is 5.97. The van der Waals surface area contributed by atoms with Crippen LogP contribution in [0.4, 0.5) is 0 Å². The molecule has 0 aliphatic rings. The topological polar surface area (TPSA) is 52.6 Å². The summed E-state index contributed by atoms with van der Waals surface area (Å²) in [4.78, 5) is 16.2. The van der Waals surface area contributed by atoms with Gasteiger partial charge in [-0.1, -0.05) is 32.9 Å². The fourth-order valence-electron chi connectivity index (χ4n) is 1.23. The van der Waals surface area contributed by atoms with E-state index in [-0.39, 0.29) is 11.2 Å². The molecule has 0 atom stereocenters. The van der Waals surface area contributed by atoms with Gasteiger partial charge in [-0.15, -0.1) is 0 Å². The van der Waals surface area contributed by atoms with Crippen molar-refractivity contribution in [2.45, 2.75) is 38.9 Å². The Bertz CT molecular complexity index is 463. The third-order valence-electron chi connectivity index (χ3n) is 3.45. The average molecular weight is 375 g/mol. The van der Waals surface area contributed by atoms with Crippen LogP contribution >= 0.6 is 15.9 Å². The molecule has 0 saturated carbocycles. The Morgan fingerprint density at radius 2 is 1.67 bits per heavy atom. The van der Waals surface area contributed by atoms with Crippen molar-refractivity contribution < 1.29 is 18.8 Å². The van der Waals surface area contributed by atoms with Gasteiger partial charge in [0.1, 0.15) is 12.4 Å². The van der Waals surface area contributed by atoms with Gasteiger partial charge in [0.25, 0.3) is 0 Å². The maximum atomic E-state index is 8.12. The molecule has 0 unspecified atom stereocenters. The SMILES string of the molecule is CC(C)(C)[Si](C)(C)OCCOc1ccccc1Br.O=C=O. The van der Waals surface area contributed by atoms with E-state index < -0.39 is 8.32 Å². The second kappa shape index (κ2) is 9.15. The first-order valence-corrected chi connectivity index (χ1v) is 10.4. The lowest BCUT2D eigenvalue weighted by molar-refractivity contribution is -0.191. The maximum absolute atomic E-state index is 8.12. The molecule has 118 valence electrons. The van der Waals surface area contributed by atoms with Crippen LogP contribution in [-0.4, -0.2) is 27.7 Å². The van der Waals surface area contributed by atoms with Gasteiger partial charge in [-0.05, 0) is 46.2 Å². The predicted octanol–water partition coefficient (Wildman–Crippen LogP) is 4.27. The number of hydrogen-bond acceptors (Lipinski definition) is 4. The van der Waals surface area contributed by atoms with Gasteiger partial charge in [0.15, 0.2) is 8.32 Å². The van der Waals surface area contributed by atoms with Crippen molar-refractivity contribution >= 4 is 30.4 Å². The Kier molecular flexibility index (Phi) is 8.74. The van der Waals surface area contributed by atoms with Gasteiger partial charge in [-0.3, -0.25) is 0 Å². The highest BCUT2D eigenvalue weighted by atomic mass is 79.9. The molecule has 0 aliphatic carbocycles. The van der Waals surface area contributed by atoms with E-state index in [1.807, 2.05) is 24.3 Å². The highest BCUT2D eigenvalue weighted by molar-refractivity contribution is 9.10. The van der Waals surface area contributed by atoms with Gasteiger partial charge in [-0.2, -0.15) is 9.59 Å². The fraction of sp³-hybridized carbons (Fsp3) is 0.533. The lowest BCUT2D eigenvalue weighted by Crippen LogP contribution is -2.41. The van der Waals surface area contributed by atoms with E-state index in [0.717, 1.165) is 10.2 Å².